The van der Waals surface area contributed by atoms with Gasteiger partial charge in [-0.05, 0) is 36.8 Å². The molecule has 1 aliphatic rings. The first-order valence-corrected chi connectivity index (χ1v) is 8.20. The minimum absolute atomic E-state index is 0.234. The van der Waals surface area contributed by atoms with Crippen molar-refractivity contribution in [2.45, 2.75) is 19.1 Å². The Kier molecular flexibility index (Phi) is 5.00. The first kappa shape index (κ1) is 18.4. The lowest BCUT2D eigenvalue weighted by Gasteiger charge is -2.21. The second-order valence-corrected chi connectivity index (χ2v) is 6.21. The second-order valence-electron chi connectivity index (χ2n) is 5.80. The molecule has 0 fully saturated rings. The minimum Gasteiger partial charge on any atom is -0.486 e. The van der Waals surface area contributed by atoms with Gasteiger partial charge in [-0.2, -0.15) is 13.2 Å². The van der Waals surface area contributed by atoms with Crippen LogP contribution in [0.5, 0.6) is 11.5 Å². The molecular formula is C18H15ClF3NO3. The molecule has 138 valence electrons. The number of benzene rings is 2. The van der Waals surface area contributed by atoms with Gasteiger partial charge in [-0.25, -0.2) is 0 Å². The lowest BCUT2D eigenvalue weighted by molar-refractivity contribution is -0.137. The fourth-order valence-electron chi connectivity index (χ4n) is 2.59. The number of carbonyl (C=O) groups is 1. The molecule has 0 aliphatic carbocycles. The number of nitrogens with one attached hydrogen (secondary N) is 1. The van der Waals surface area contributed by atoms with Crippen LogP contribution in [0.4, 0.5) is 13.2 Å². The quantitative estimate of drug-likeness (QED) is 0.838. The van der Waals surface area contributed by atoms with Gasteiger partial charge in [0.2, 0.25) is 0 Å². The zero-order valence-electron chi connectivity index (χ0n) is 13.7. The maximum Gasteiger partial charge on any atom is 0.416 e. The summed E-state index contributed by atoms with van der Waals surface area (Å²) < 4.78 is 49.3. The zero-order valence-corrected chi connectivity index (χ0v) is 14.4. The lowest BCUT2D eigenvalue weighted by atomic mass is 10.0. The summed E-state index contributed by atoms with van der Waals surface area (Å²) in [6.45, 7) is 2.31. The Morgan fingerprint density at radius 2 is 1.92 bits per heavy atom. The molecule has 2 aromatic carbocycles. The standard InChI is InChI=1S/C18H15ClF3NO3/c1-10(11-3-2-4-13(7-11)18(20,21)22)23-17(24)12-8-14(19)16-15(9-12)25-5-6-26-16/h2-4,7-10H,5-6H2,1H3,(H,23,24)/t10-/m1/s1. The second kappa shape index (κ2) is 7.07. The summed E-state index contributed by atoms with van der Waals surface area (Å²) >= 11 is 6.11. The molecule has 26 heavy (non-hydrogen) atoms. The predicted octanol–water partition coefficient (Wildman–Crippen LogP) is 4.62. The van der Waals surface area contributed by atoms with Gasteiger partial charge in [-0.3, -0.25) is 4.79 Å². The summed E-state index contributed by atoms with van der Waals surface area (Å²) in [5.41, 5.74) is -0.187. The molecule has 0 unspecified atom stereocenters. The van der Waals surface area contributed by atoms with Crippen molar-refractivity contribution in [3.05, 3.63) is 58.1 Å². The molecule has 1 aliphatic heterocycles. The summed E-state index contributed by atoms with van der Waals surface area (Å²) in [4.78, 5) is 12.5. The van der Waals surface area contributed by atoms with E-state index in [1.807, 2.05) is 0 Å². The molecule has 3 rings (SSSR count). The van der Waals surface area contributed by atoms with Crippen LogP contribution in [0, 0.1) is 0 Å². The highest BCUT2D eigenvalue weighted by atomic mass is 35.5. The highest BCUT2D eigenvalue weighted by Crippen LogP contribution is 2.38. The van der Waals surface area contributed by atoms with Crippen LogP contribution < -0.4 is 14.8 Å². The Morgan fingerprint density at radius 1 is 1.19 bits per heavy atom. The molecule has 0 radical (unpaired) electrons. The van der Waals surface area contributed by atoms with Gasteiger partial charge < -0.3 is 14.8 Å². The monoisotopic (exact) mass is 385 g/mol. The van der Waals surface area contributed by atoms with Crippen molar-refractivity contribution >= 4 is 17.5 Å². The highest BCUT2D eigenvalue weighted by Gasteiger charge is 2.31. The molecule has 0 saturated carbocycles. The summed E-state index contributed by atoms with van der Waals surface area (Å²) in [6.07, 6.45) is -4.44. The van der Waals surface area contributed by atoms with Crippen molar-refractivity contribution in [1.82, 2.24) is 5.32 Å². The van der Waals surface area contributed by atoms with Crippen LogP contribution in [0.25, 0.3) is 0 Å². The van der Waals surface area contributed by atoms with Gasteiger partial charge in [0.05, 0.1) is 16.6 Å². The summed E-state index contributed by atoms with van der Waals surface area (Å²) in [7, 11) is 0. The van der Waals surface area contributed by atoms with E-state index < -0.39 is 23.7 Å². The van der Waals surface area contributed by atoms with Gasteiger partial charge in [0.1, 0.15) is 13.2 Å². The van der Waals surface area contributed by atoms with E-state index in [0.29, 0.717) is 30.3 Å². The van der Waals surface area contributed by atoms with E-state index in [0.717, 1.165) is 12.1 Å². The molecule has 0 spiro atoms. The van der Waals surface area contributed by atoms with Crippen LogP contribution in [0.2, 0.25) is 5.02 Å². The SMILES string of the molecule is C[C@@H](NC(=O)c1cc(Cl)c2c(c1)OCCO2)c1cccc(C(F)(F)F)c1. The average molecular weight is 386 g/mol. The van der Waals surface area contributed by atoms with Crippen molar-refractivity contribution < 1.29 is 27.4 Å². The van der Waals surface area contributed by atoms with Gasteiger partial charge in [0.25, 0.3) is 5.91 Å². The van der Waals surface area contributed by atoms with E-state index in [1.54, 1.807) is 6.92 Å². The molecule has 0 bridgehead atoms. The van der Waals surface area contributed by atoms with Crippen molar-refractivity contribution in [2.75, 3.05) is 13.2 Å². The van der Waals surface area contributed by atoms with Gasteiger partial charge in [-0.1, -0.05) is 23.7 Å². The Labute approximate surface area is 152 Å². The Morgan fingerprint density at radius 3 is 2.65 bits per heavy atom. The lowest BCUT2D eigenvalue weighted by Crippen LogP contribution is -2.27. The van der Waals surface area contributed by atoms with Crippen LogP contribution in [0.1, 0.15) is 34.5 Å². The zero-order chi connectivity index (χ0) is 18.9. The number of hydrogen-bond donors (Lipinski definition) is 1. The summed E-state index contributed by atoms with van der Waals surface area (Å²) in [6, 6.07) is 7.13. The molecule has 0 saturated heterocycles. The van der Waals surface area contributed by atoms with Gasteiger partial charge in [0.15, 0.2) is 11.5 Å². The van der Waals surface area contributed by atoms with Crippen LogP contribution in [-0.4, -0.2) is 19.1 Å². The fourth-order valence-corrected chi connectivity index (χ4v) is 2.85. The number of amides is 1. The van der Waals surface area contributed by atoms with Gasteiger partial charge >= 0.3 is 6.18 Å². The van der Waals surface area contributed by atoms with Crippen molar-refractivity contribution in [2.24, 2.45) is 0 Å². The van der Waals surface area contributed by atoms with Crippen LogP contribution in [0.3, 0.4) is 0 Å². The summed E-state index contributed by atoms with van der Waals surface area (Å²) in [5, 5.41) is 2.90. The van der Waals surface area contributed by atoms with Gasteiger partial charge in [0, 0.05) is 5.56 Å². The normalized spacial score (nSPS) is 14.7. The van der Waals surface area contributed by atoms with Crippen LogP contribution in [-0.2, 0) is 6.18 Å². The van der Waals surface area contributed by atoms with E-state index >= 15 is 0 Å². The van der Waals surface area contributed by atoms with E-state index in [9.17, 15) is 18.0 Å². The van der Waals surface area contributed by atoms with Crippen LogP contribution in [0.15, 0.2) is 36.4 Å². The smallest absolute Gasteiger partial charge is 0.416 e. The maximum atomic E-state index is 12.8. The number of carbonyl (C=O) groups excluding carboxylic acids is 1. The number of alkyl halides is 3. The average Bonchev–Trinajstić information content (AvgIpc) is 2.61. The number of ether oxygens (including phenoxy) is 2. The molecule has 1 N–H and O–H groups in total. The number of fused-ring (bicyclic) bond motifs is 1. The highest BCUT2D eigenvalue weighted by molar-refractivity contribution is 6.32. The largest absolute Gasteiger partial charge is 0.486 e. The van der Waals surface area contributed by atoms with E-state index in [-0.39, 0.29) is 10.6 Å². The maximum absolute atomic E-state index is 12.8. The third-order valence-electron chi connectivity index (χ3n) is 3.92. The molecule has 1 atom stereocenters. The third kappa shape index (κ3) is 3.88. The third-order valence-corrected chi connectivity index (χ3v) is 4.20. The number of rotatable bonds is 3. The van der Waals surface area contributed by atoms with E-state index in [1.165, 1.54) is 24.3 Å². The Bertz CT molecular complexity index is 839. The minimum atomic E-state index is -4.44. The Hall–Kier alpha value is -2.41. The van der Waals surface area contributed by atoms with E-state index in [4.69, 9.17) is 21.1 Å². The molecule has 0 aromatic heterocycles. The molecule has 8 heteroatoms. The number of halogens is 4. The van der Waals surface area contributed by atoms with Crippen molar-refractivity contribution in [3.8, 4) is 11.5 Å². The molecular weight excluding hydrogens is 371 g/mol. The molecule has 1 amide bonds. The van der Waals surface area contributed by atoms with Crippen LogP contribution >= 0.6 is 11.6 Å². The predicted molar refractivity (Wildman–Crippen MR) is 89.8 cm³/mol. The topological polar surface area (TPSA) is 47.6 Å². The Balaban J connectivity index is 1.79. The molecule has 4 nitrogen and oxygen atoms in total. The first-order chi connectivity index (χ1) is 12.3. The molecule has 2 aromatic rings. The summed E-state index contributed by atoms with van der Waals surface area (Å²) in [5.74, 6) is 0.259. The van der Waals surface area contributed by atoms with E-state index in [2.05, 4.69) is 5.32 Å². The van der Waals surface area contributed by atoms with Gasteiger partial charge in [-0.15, -0.1) is 0 Å². The molecule has 1 heterocycles. The first-order valence-electron chi connectivity index (χ1n) is 7.83. The fraction of sp³-hybridized carbons (Fsp3) is 0.278. The number of hydrogen-bond acceptors (Lipinski definition) is 3. The van der Waals surface area contributed by atoms with Crippen molar-refractivity contribution in [1.29, 1.82) is 0 Å². The van der Waals surface area contributed by atoms with Crippen molar-refractivity contribution in [3.63, 3.8) is 0 Å².